The third kappa shape index (κ3) is 3.85. The largest absolute Gasteiger partial charge is 0.464 e. The molecular weight excluding hydrogens is 246 g/mol. The normalized spacial score (nSPS) is 23.9. The van der Waals surface area contributed by atoms with Crippen LogP contribution in [0, 0.1) is 0 Å². The highest BCUT2D eigenvalue weighted by Gasteiger charge is 2.46. The maximum Gasteiger partial charge on any atom is 0.411 e. The van der Waals surface area contributed by atoms with Gasteiger partial charge in [0.05, 0.1) is 6.61 Å². The Bertz CT molecular complexity index is 348. The van der Waals surface area contributed by atoms with Crippen LogP contribution in [0.4, 0.5) is 4.79 Å². The lowest BCUT2D eigenvalue weighted by Gasteiger charge is -2.42. The Morgan fingerprint density at radius 3 is 2.42 bits per heavy atom. The van der Waals surface area contributed by atoms with E-state index in [-0.39, 0.29) is 5.97 Å². The second kappa shape index (κ2) is 5.80. The summed E-state index contributed by atoms with van der Waals surface area (Å²) in [6, 6.07) is 0. The molecule has 0 N–H and O–H groups in total. The van der Waals surface area contributed by atoms with E-state index in [2.05, 4.69) is 0 Å². The van der Waals surface area contributed by atoms with Crippen molar-refractivity contribution in [2.24, 2.45) is 0 Å². The smallest absolute Gasteiger partial charge is 0.411 e. The summed E-state index contributed by atoms with van der Waals surface area (Å²) >= 11 is 0. The Labute approximate surface area is 115 Å². The molecule has 0 unspecified atom stereocenters. The minimum atomic E-state index is -0.906. The number of rotatable bonds is 2. The van der Waals surface area contributed by atoms with Crippen LogP contribution in [0.1, 0.15) is 53.9 Å². The van der Waals surface area contributed by atoms with E-state index in [0.29, 0.717) is 19.6 Å². The fraction of sp³-hybridized carbons (Fsp3) is 0.857. The minimum absolute atomic E-state index is 0.316. The van der Waals surface area contributed by atoms with Crippen molar-refractivity contribution < 1.29 is 19.1 Å². The molecule has 0 aromatic rings. The van der Waals surface area contributed by atoms with Gasteiger partial charge < -0.3 is 9.47 Å². The molecule has 0 spiro atoms. The van der Waals surface area contributed by atoms with Gasteiger partial charge in [-0.05, 0) is 53.9 Å². The number of hydrogen-bond acceptors (Lipinski definition) is 4. The Kier molecular flexibility index (Phi) is 4.82. The lowest BCUT2D eigenvalue weighted by Crippen LogP contribution is -2.58. The number of likely N-dealkylation sites (tertiary alicyclic amines) is 1. The van der Waals surface area contributed by atoms with Crippen LogP contribution in [0.2, 0.25) is 0 Å². The molecule has 0 saturated carbocycles. The fourth-order valence-electron chi connectivity index (χ4n) is 2.23. The first-order valence-electron chi connectivity index (χ1n) is 6.88. The number of hydrogen-bond donors (Lipinski definition) is 0. The molecule has 0 aliphatic carbocycles. The average molecular weight is 271 g/mol. The molecule has 0 radical (unpaired) electrons. The predicted molar refractivity (Wildman–Crippen MR) is 71.8 cm³/mol. The molecule has 1 amide bonds. The molecule has 1 heterocycles. The number of piperidine rings is 1. The molecule has 19 heavy (non-hydrogen) atoms. The van der Waals surface area contributed by atoms with E-state index in [1.165, 1.54) is 4.90 Å². The van der Waals surface area contributed by atoms with Gasteiger partial charge in [0.2, 0.25) is 0 Å². The van der Waals surface area contributed by atoms with Crippen molar-refractivity contribution in [3.05, 3.63) is 0 Å². The van der Waals surface area contributed by atoms with Crippen molar-refractivity contribution in [2.75, 3.05) is 13.2 Å². The van der Waals surface area contributed by atoms with Crippen LogP contribution in [0.5, 0.6) is 0 Å². The zero-order valence-electron chi connectivity index (χ0n) is 12.6. The van der Waals surface area contributed by atoms with Gasteiger partial charge in [0.25, 0.3) is 0 Å². The Morgan fingerprint density at radius 1 is 1.26 bits per heavy atom. The first kappa shape index (κ1) is 15.8. The molecule has 0 aromatic carbocycles. The van der Waals surface area contributed by atoms with Gasteiger partial charge in [-0.3, -0.25) is 4.90 Å². The highest BCUT2D eigenvalue weighted by atomic mass is 16.6. The van der Waals surface area contributed by atoms with Crippen LogP contribution >= 0.6 is 0 Å². The maximum atomic E-state index is 12.2. The monoisotopic (exact) mass is 271 g/mol. The average Bonchev–Trinajstić information content (AvgIpc) is 2.27. The SMILES string of the molecule is CCOC(=O)[C@@]1(C)CCCCN1C(=O)OC(C)(C)C. The van der Waals surface area contributed by atoms with Crippen molar-refractivity contribution in [3.8, 4) is 0 Å². The number of carbonyl (C=O) groups excluding carboxylic acids is 2. The molecule has 1 saturated heterocycles. The Hall–Kier alpha value is -1.26. The van der Waals surface area contributed by atoms with Crippen molar-refractivity contribution in [1.82, 2.24) is 4.90 Å². The summed E-state index contributed by atoms with van der Waals surface area (Å²) in [4.78, 5) is 25.9. The number of esters is 1. The minimum Gasteiger partial charge on any atom is -0.464 e. The summed E-state index contributed by atoms with van der Waals surface area (Å²) in [5, 5.41) is 0. The molecular formula is C14H25NO4. The van der Waals surface area contributed by atoms with Gasteiger partial charge in [0.1, 0.15) is 11.1 Å². The van der Waals surface area contributed by atoms with E-state index in [4.69, 9.17) is 9.47 Å². The molecule has 1 aliphatic heterocycles. The summed E-state index contributed by atoms with van der Waals surface area (Å²) in [5.41, 5.74) is -1.47. The third-order valence-corrected chi connectivity index (χ3v) is 3.22. The van der Waals surface area contributed by atoms with Gasteiger partial charge >= 0.3 is 12.1 Å². The maximum absolute atomic E-state index is 12.2. The van der Waals surface area contributed by atoms with Crippen molar-refractivity contribution in [2.45, 2.75) is 65.0 Å². The number of ether oxygens (including phenoxy) is 2. The summed E-state index contributed by atoms with van der Waals surface area (Å²) in [7, 11) is 0. The molecule has 5 heteroatoms. The molecule has 0 bridgehead atoms. The summed E-state index contributed by atoms with van der Waals surface area (Å²) in [6.07, 6.45) is 1.97. The van der Waals surface area contributed by atoms with Gasteiger partial charge in [0.15, 0.2) is 0 Å². The number of carbonyl (C=O) groups is 2. The lowest BCUT2D eigenvalue weighted by molar-refractivity contribution is -0.158. The van der Waals surface area contributed by atoms with E-state index < -0.39 is 17.2 Å². The van der Waals surface area contributed by atoms with Crippen molar-refractivity contribution in [3.63, 3.8) is 0 Å². The molecule has 0 aromatic heterocycles. The van der Waals surface area contributed by atoms with Crippen LogP contribution < -0.4 is 0 Å². The van der Waals surface area contributed by atoms with Crippen LogP contribution in [-0.4, -0.2) is 41.3 Å². The van der Waals surface area contributed by atoms with Crippen LogP contribution in [0.15, 0.2) is 0 Å². The number of nitrogens with zero attached hydrogens (tertiary/aromatic N) is 1. The predicted octanol–water partition coefficient (Wildman–Crippen LogP) is 2.73. The van der Waals surface area contributed by atoms with Gasteiger partial charge in [-0.2, -0.15) is 0 Å². The standard InChI is InChI=1S/C14H25NO4/c1-6-18-11(16)14(5)9-7-8-10-15(14)12(17)19-13(2,3)4/h6-10H2,1-5H3/t14-/m1/s1. The first-order chi connectivity index (χ1) is 8.70. The van der Waals surface area contributed by atoms with Gasteiger partial charge in [-0.1, -0.05) is 0 Å². The van der Waals surface area contributed by atoms with Gasteiger partial charge in [0, 0.05) is 6.54 Å². The van der Waals surface area contributed by atoms with Gasteiger partial charge in [-0.15, -0.1) is 0 Å². The molecule has 110 valence electrons. The van der Waals surface area contributed by atoms with E-state index in [1.807, 2.05) is 20.8 Å². The fourth-order valence-corrected chi connectivity index (χ4v) is 2.23. The van der Waals surface area contributed by atoms with Crippen molar-refractivity contribution >= 4 is 12.1 Å². The van der Waals surface area contributed by atoms with Crippen LogP contribution in [0.3, 0.4) is 0 Å². The topological polar surface area (TPSA) is 55.8 Å². The zero-order chi connectivity index (χ0) is 14.7. The Balaban J connectivity index is 2.88. The van der Waals surface area contributed by atoms with E-state index in [9.17, 15) is 9.59 Å². The number of amides is 1. The Morgan fingerprint density at radius 2 is 1.89 bits per heavy atom. The zero-order valence-corrected chi connectivity index (χ0v) is 12.6. The molecule has 5 nitrogen and oxygen atoms in total. The molecule has 1 rings (SSSR count). The van der Waals surface area contributed by atoms with E-state index in [1.54, 1.807) is 13.8 Å². The van der Waals surface area contributed by atoms with Gasteiger partial charge in [-0.25, -0.2) is 9.59 Å². The van der Waals surface area contributed by atoms with Crippen LogP contribution in [-0.2, 0) is 14.3 Å². The highest BCUT2D eigenvalue weighted by Crippen LogP contribution is 2.30. The molecule has 1 atom stereocenters. The third-order valence-electron chi connectivity index (χ3n) is 3.22. The molecule has 1 aliphatic rings. The summed E-state index contributed by atoms with van der Waals surface area (Å²) < 4.78 is 10.5. The summed E-state index contributed by atoms with van der Waals surface area (Å²) in [6.45, 7) is 9.82. The van der Waals surface area contributed by atoms with Crippen molar-refractivity contribution in [1.29, 1.82) is 0 Å². The summed E-state index contributed by atoms with van der Waals surface area (Å²) in [5.74, 6) is -0.347. The van der Waals surface area contributed by atoms with E-state index in [0.717, 1.165) is 12.8 Å². The highest BCUT2D eigenvalue weighted by molar-refractivity contribution is 5.85. The lowest BCUT2D eigenvalue weighted by atomic mass is 9.89. The molecule has 1 fully saturated rings. The quantitative estimate of drug-likeness (QED) is 0.725. The second-order valence-electron chi connectivity index (χ2n) is 6.08. The second-order valence-corrected chi connectivity index (χ2v) is 6.08. The first-order valence-corrected chi connectivity index (χ1v) is 6.88. The van der Waals surface area contributed by atoms with E-state index >= 15 is 0 Å². The van der Waals surface area contributed by atoms with Crippen LogP contribution in [0.25, 0.3) is 0 Å².